The number of hydrogen-bond donors (Lipinski definition) is 1. The first-order valence-electron chi connectivity index (χ1n) is 12.3. The van der Waals surface area contributed by atoms with Crippen molar-refractivity contribution >= 4 is 12.1 Å². The van der Waals surface area contributed by atoms with E-state index in [0.717, 1.165) is 34.8 Å². The number of ether oxygens (including phenoxy) is 2. The van der Waals surface area contributed by atoms with Crippen LogP contribution in [-0.4, -0.2) is 53.4 Å². The van der Waals surface area contributed by atoms with Crippen LogP contribution in [0.15, 0.2) is 59.0 Å². The lowest BCUT2D eigenvalue weighted by molar-refractivity contribution is -0.142. The average molecular weight is 493 g/mol. The van der Waals surface area contributed by atoms with E-state index in [9.17, 15) is 14.7 Å². The van der Waals surface area contributed by atoms with Crippen molar-refractivity contribution in [1.29, 1.82) is 0 Å². The highest BCUT2D eigenvalue weighted by molar-refractivity contribution is 5.74. The van der Waals surface area contributed by atoms with Gasteiger partial charge >= 0.3 is 12.1 Å². The van der Waals surface area contributed by atoms with E-state index in [1.807, 2.05) is 61.5 Å². The number of carbonyl (C=O) groups is 2. The zero-order valence-corrected chi connectivity index (χ0v) is 20.7. The summed E-state index contributed by atoms with van der Waals surface area (Å²) in [6.07, 6.45) is 1.61. The van der Waals surface area contributed by atoms with Crippen LogP contribution in [0.3, 0.4) is 0 Å². The molecule has 1 aromatic heterocycles. The standard InChI is InChI=1S/C28H32N2O6/c1-3-34-28(33)30-17-22(24(18-30)27(31)32)12-9-20-10-13-23(14-11-20)35-16-15-25-19(2)36-26(29-25)21-7-5-4-6-8-21/h4-8,10-11,13-14,22,24H,3,9,12,15-18H2,1-2H3,(H,31,32)/t22-,24+/m1/s1. The number of amides is 1. The molecule has 1 aliphatic heterocycles. The Labute approximate surface area is 210 Å². The van der Waals surface area contributed by atoms with E-state index in [2.05, 4.69) is 4.98 Å². The summed E-state index contributed by atoms with van der Waals surface area (Å²) < 4.78 is 16.8. The third-order valence-corrected chi connectivity index (χ3v) is 6.53. The van der Waals surface area contributed by atoms with Gasteiger partial charge in [0.05, 0.1) is 24.8 Å². The molecule has 0 bridgehead atoms. The van der Waals surface area contributed by atoms with Gasteiger partial charge in [-0.25, -0.2) is 9.78 Å². The summed E-state index contributed by atoms with van der Waals surface area (Å²) in [7, 11) is 0. The van der Waals surface area contributed by atoms with Gasteiger partial charge < -0.3 is 23.9 Å². The maximum absolute atomic E-state index is 12.0. The molecule has 3 aromatic rings. The number of nitrogens with zero attached hydrogens (tertiary/aromatic N) is 2. The summed E-state index contributed by atoms with van der Waals surface area (Å²) in [5, 5.41) is 9.58. The van der Waals surface area contributed by atoms with Crippen molar-refractivity contribution in [3.63, 3.8) is 0 Å². The molecule has 0 saturated carbocycles. The maximum Gasteiger partial charge on any atom is 0.409 e. The fourth-order valence-corrected chi connectivity index (χ4v) is 4.54. The number of carboxylic acid groups (broad SMARTS) is 1. The second-order valence-electron chi connectivity index (χ2n) is 8.98. The van der Waals surface area contributed by atoms with Crippen LogP contribution in [0.4, 0.5) is 4.79 Å². The zero-order chi connectivity index (χ0) is 25.5. The van der Waals surface area contributed by atoms with Gasteiger partial charge in [0.25, 0.3) is 0 Å². The van der Waals surface area contributed by atoms with E-state index >= 15 is 0 Å². The molecular weight excluding hydrogens is 460 g/mol. The minimum absolute atomic E-state index is 0.102. The third-order valence-electron chi connectivity index (χ3n) is 6.53. The molecule has 1 aliphatic rings. The Morgan fingerprint density at radius 3 is 2.53 bits per heavy atom. The Morgan fingerprint density at radius 1 is 1.08 bits per heavy atom. The first-order valence-corrected chi connectivity index (χ1v) is 12.3. The van der Waals surface area contributed by atoms with Gasteiger partial charge in [0.1, 0.15) is 11.5 Å². The second-order valence-corrected chi connectivity index (χ2v) is 8.98. The second kappa shape index (κ2) is 11.7. The molecule has 8 heteroatoms. The van der Waals surface area contributed by atoms with Gasteiger partial charge in [0.15, 0.2) is 0 Å². The molecule has 0 aliphatic carbocycles. The van der Waals surface area contributed by atoms with E-state index in [1.54, 1.807) is 6.92 Å². The SMILES string of the molecule is CCOC(=O)N1C[C@@H](CCc2ccc(OCCc3nc(-c4ccccc4)oc3C)cc2)[C@@H](C(=O)O)C1. The van der Waals surface area contributed by atoms with Crippen molar-refractivity contribution in [3.8, 4) is 17.2 Å². The fourth-order valence-electron chi connectivity index (χ4n) is 4.54. The smallest absolute Gasteiger partial charge is 0.409 e. The Balaban J connectivity index is 1.26. The first kappa shape index (κ1) is 25.3. The van der Waals surface area contributed by atoms with Crippen molar-refractivity contribution in [2.75, 3.05) is 26.3 Å². The molecule has 36 heavy (non-hydrogen) atoms. The predicted octanol–water partition coefficient (Wildman–Crippen LogP) is 4.99. The van der Waals surface area contributed by atoms with Crippen molar-refractivity contribution in [2.45, 2.75) is 33.1 Å². The van der Waals surface area contributed by atoms with Crippen LogP contribution >= 0.6 is 0 Å². The van der Waals surface area contributed by atoms with Crippen LogP contribution in [0.2, 0.25) is 0 Å². The molecular formula is C28H32N2O6. The van der Waals surface area contributed by atoms with Gasteiger partial charge in [-0.15, -0.1) is 0 Å². The molecule has 190 valence electrons. The number of oxazole rings is 1. The number of aryl methyl sites for hydroxylation is 2. The Morgan fingerprint density at radius 2 is 1.83 bits per heavy atom. The number of hydrogen-bond acceptors (Lipinski definition) is 6. The highest BCUT2D eigenvalue weighted by Gasteiger charge is 2.39. The Hall–Kier alpha value is -3.81. The van der Waals surface area contributed by atoms with E-state index in [0.29, 0.717) is 31.9 Å². The van der Waals surface area contributed by atoms with Crippen LogP contribution in [0.1, 0.15) is 30.4 Å². The molecule has 0 unspecified atom stereocenters. The van der Waals surface area contributed by atoms with E-state index in [4.69, 9.17) is 13.9 Å². The highest BCUT2D eigenvalue weighted by Crippen LogP contribution is 2.29. The number of rotatable bonds is 10. The predicted molar refractivity (Wildman–Crippen MR) is 134 cm³/mol. The van der Waals surface area contributed by atoms with E-state index in [1.165, 1.54) is 4.90 Å². The monoisotopic (exact) mass is 492 g/mol. The molecule has 1 amide bonds. The van der Waals surface area contributed by atoms with Gasteiger partial charge in [-0.3, -0.25) is 4.79 Å². The third kappa shape index (κ3) is 6.24. The van der Waals surface area contributed by atoms with Gasteiger partial charge in [-0.2, -0.15) is 0 Å². The Kier molecular flexibility index (Phi) is 8.25. The van der Waals surface area contributed by atoms with Gasteiger partial charge in [0, 0.05) is 25.1 Å². The minimum atomic E-state index is -0.867. The molecule has 1 fully saturated rings. The zero-order valence-electron chi connectivity index (χ0n) is 20.7. The highest BCUT2D eigenvalue weighted by atomic mass is 16.6. The van der Waals surface area contributed by atoms with Crippen LogP contribution in [0.5, 0.6) is 5.75 Å². The molecule has 2 aromatic carbocycles. The molecule has 0 radical (unpaired) electrons. The van der Waals surface area contributed by atoms with Crippen molar-refractivity contribution < 1.29 is 28.6 Å². The molecule has 8 nitrogen and oxygen atoms in total. The summed E-state index contributed by atoms with van der Waals surface area (Å²) in [5.74, 6) is 0.634. The number of aliphatic carboxylic acids is 1. The largest absolute Gasteiger partial charge is 0.493 e. The summed E-state index contributed by atoms with van der Waals surface area (Å²) >= 11 is 0. The first-order chi connectivity index (χ1) is 17.4. The summed E-state index contributed by atoms with van der Waals surface area (Å²) in [4.78, 5) is 29.8. The topological polar surface area (TPSA) is 102 Å². The lowest BCUT2D eigenvalue weighted by atomic mass is 9.90. The van der Waals surface area contributed by atoms with Crippen LogP contribution in [0, 0.1) is 18.8 Å². The summed E-state index contributed by atoms with van der Waals surface area (Å²) in [6.45, 7) is 5.01. The quantitative estimate of drug-likeness (QED) is 0.425. The fraction of sp³-hybridized carbons (Fsp3) is 0.393. The lowest BCUT2D eigenvalue weighted by Gasteiger charge is -2.15. The van der Waals surface area contributed by atoms with Crippen molar-refractivity contribution in [3.05, 3.63) is 71.6 Å². The number of aromatic nitrogens is 1. The number of carboxylic acids is 1. The minimum Gasteiger partial charge on any atom is -0.493 e. The maximum atomic E-state index is 12.0. The summed E-state index contributed by atoms with van der Waals surface area (Å²) in [5.41, 5.74) is 2.93. The average Bonchev–Trinajstić information content (AvgIpc) is 3.48. The number of likely N-dealkylation sites (tertiary alicyclic amines) is 1. The van der Waals surface area contributed by atoms with Crippen molar-refractivity contribution in [2.24, 2.45) is 11.8 Å². The van der Waals surface area contributed by atoms with Gasteiger partial charge in [-0.05, 0) is 62.4 Å². The van der Waals surface area contributed by atoms with Crippen LogP contribution in [0.25, 0.3) is 11.5 Å². The van der Waals surface area contributed by atoms with Gasteiger partial charge in [-0.1, -0.05) is 30.3 Å². The molecule has 0 spiro atoms. The van der Waals surface area contributed by atoms with Crippen molar-refractivity contribution in [1.82, 2.24) is 9.88 Å². The summed E-state index contributed by atoms with van der Waals surface area (Å²) in [6, 6.07) is 17.7. The van der Waals surface area contributed by atoms with Gasteiger partial charge in [0.2, 0.25) is 5.89 Å². The van der Waals surface area contributed by atoms with E-state index < -0.39 is 18.0 Å². The molecule has 1 N–H and O–H groups in total. The number of carbonyl (C=O) groups excluding carboxylic acids is 1. The normalized spacial score (nSPS) is 17.2. The molecule has 2 heterocycles. The molecule has 1 saturated heterocycles. The molecule has 2 atom stereocenters. The van der Waals surface area contributed by atoms with Crippen LogP contribution < -0.4 is 4.74 Å². The van der Waals surface area contributed by atoms with Crippen LogP contribution in [-0.2, 0) is 22.4 Å². The van der Waals surface area contributed by atoms with E-state index in [-0.39, 0.29) is 19.1 Å². The number of benzene rings is 2. The molecule has 4 rings (SSSR count). The Bertz CT molecular complexity index is 1160. The lowest BCUT2D eigenvalue weighted by Crippen LogP contribution is -2.30.